The summed E-state index contributed by atoms with van der Waals surface area (Å²) in [6.45, 7) is 4.40. The van der Waals surface area contributed by atoms with Gasteiger partial charge in [0, 0.05) is 26.2 Å². The number of carbonyl (C=O) groups excluding carboxylic acids is 2. The Balaban J connectivity index is 1.78. The zero-order chi connectivity index (χ0) is 13.7. The number of piperazine rings is 1. The summed E-state index contributed by atoms with van der Waals surface area (Å²) in [7, 11) is 0. The number of hydrogen-bond donors (Lipinski definition) is 0. The molecule has 0 aromatic heterocycles. The minimum absolute atomic E-state index is 0.0360. The highest BCUT2D eigenvalue weighted by molar-refractivity contribution is 5.78. The van der Waals surface area contributed by atoms with Crippen LogP contribution in [0.15, 0.2) is 24.3 Å². The predicted octanol–water partition coefficient (Wildman–Crippen LogP) is 0.674. The zero-order valence-corrected chi connectivity index (χ0v) is 11.0. The van der Waals surface area contributed by atoms with Gasteiger partial charge in [-0.25, -0.2) is 0 Å². The Bertz CT molecular complexity index is 437. The van der Waals surface area contributed by atoms with E-state index < -0.39 is 0 Å². The Morgan fingerprint density at radius 3 is 2.42 bits per heavy atom. The van der Waals surface area contributed by atoms with Crippen LogP contribution in [0.25, 0.3) is 0 Å². The van der Waals surface area contributed by atoms with Gasteiger partial charge in [-0.15, -0.1) is 0 Å². The minimum Gasteiger partial charge on any atom is -0.484 e. The van der Waals surface area contributed by atoms with E-state index in [4.69, 9.17) is 4.74 Å². The molecule has 0 N–H and O–H groups in total. The maximum absolute atomic E-state index is 11.9. The first kappa shape index (κ1) is 13.4. The molecule has 1 heterocycles. The summed E-state index contributed by atoms with van der Waals surface area (Å²) in [6.07, 6.45) is 0.824. The fraction of sp³-hybridized carbons (Fsp3) is 0.429. The zero-order valence-electron chi connectivity index (χ0n) is 11.0. The Hall–Kier alpha value is -2.04. The van der Waals surface area contributed by atoms with Crippen molar-refractivity contribution in [3.63, 3.8) is 0 Å². The average Bonchev–Trinajstić information content (AvgIpc) is 2.46. The van der Waals surface area contributed by atoms with Crippen LogP contribution in [0.4, 0.5) is 0 Å². The summed E-state index contributed by atoms with van der Waals surface area (Å²) in [4.78, 5) is 25.9. The molecule has 0 radical (unpaired) electrons. The number of carbonyl (C=O) groups is 2. The molecule has 0 unspecified atom stereocenters. The summed E-state index contributed by atoms with van der Waals surface area (Å²) in [5, 5.41) is 0. The molecular weight excluding hydrogens is 244 g/mol. The number of amides is 2. The van der Waals surface area contributed by atoms with Gasteiger partial charge in [0.1, 0.15) is 5.75 Å². The van der Waals surface area contributed by atoms with Crippen molar-refractivity contribution in [3.8, 4) is 5.75 Å². The smallest absolute Gasteiger partial charge is 0.260 e. The van der Waals surface area contributed by atoms with Gasteiger partial charge in [0.2, 0.25) is 6.41 Å². The van der Waals surface area contributed by atoms with Crippen LogP contribution in [-0.2, 0) is 9.59 Å². The van der Waals surface area contributed by atoms with Gasteiger partial charge in [0.25, 0.3) is 5.91 Å². The molecule has 1 aromatic rings. The van der Waals surface area contributed by atoms with Gasteiger partial charge in [-0.1, -0.05) is 17.7 Å². The van der Waals surface area contributed by atoms with Gasteiger partial charge in [-0.2, -0.15) is 0 Å². The fourth-order valence-electron chi connectivity index (χ4n) is 1.95. The lowest BCUT2D eigenvalue weighted by atomic mass is 10.2. The SMILES string of the molecule is Cc1ccc(OCC(=O)N2CCN(C=O)CC2)cc1. The number of aryl methyl sites for hydroxylation is 1. The molecule has 0 atom stereocenters. The van der Waals surface area contributed by atoms with E-state index in [0.29, 0.717) is 31.9 Å². The highest BCUT2D eigenvalue weighted by Gasteiger charge is 2.20. The van der Waals surface area contributed by atoms with Crippen molar-refractivity contribution < 1.29 is 14.3 Å². The molecule has 1 aliphatic rings. The first-order chi connectivity index (χ1) is 9.19. The molecule has 5 heteroatoms. The quantitative estimate of drug-likeness (QED) is 0.750. The summed E-state index contributed by atoms with van der Waals surface area (Å²) >= 11 is 0. The van der Waals surface area contributed by atoms with Crippen LogP contribution >= 0.6 is 0 Å². The van der Waals surface area contributed by atoms with E-state index in [1.807, 2.05) is 31.2 Å². The summed E-state index contributed by atoms with van der Waals surface area (Å²) < 4.78 is 5.45. The number of ether oxygens (including phenoxy) is 1. The molecule has 102 valence electrons. The van der Waals surface area contributed by atoms with Crippen LogP contribution in [-0.4, -0.2) is 54.9 Å². The van der Waals surface area contributed by atoms with E-state index in [-0.39, 0.29) is 12.5 Å². The molecule has 0 bridgehead atoms. The Labute approximate surface area is 112 Å². The number of rotatable bonds is 4. The number of hydrogen-bond acceptors (Lipinski definition) is 3. The van der Waals surface area contributed by atoms with Crippen LogP contribution in [0.1, 0.15) is 5.56 Å². The van der Waals surface area contributed by atoms with Gasteiger partial charge in [-0.05, 0) is 19.1 Å². The summed E-state index contributed by atoms with van der Waals surface area (Å²) in [6, 6.07) is 7.60. The molecule has 19 heavy (non-hydrogen) atoms. The largest absolute Gasteiger partial charge is 0.484 e. The van der Waals surface area contributed by atoms with Crippen LogP contribution in [0.5, 0.6) is 5.75 Å². The van der Waals surface area contributed by atoms with E-state index in [9.17, 15) is 9.59 Å². The summed E-state index contributed by atoms with van der Waals surface area (Å²) in [5.74, 6) is 0.664. The third kappa shape index (κ3) is 3.71. The summed E-state index contributed by atoms with van der Waals surface area (Å²) in [5.41, 5.74) is 1.16. The van der Waals surface area contributed by atoms with E-state index in [1.165, 1.54) is 0 Å². The van der Waals surface area contributed by atoms with Gasteiger partial charge >= 0.3 is 0 Å². The normalized spacial score (nSPS) is 15.2. The second-order valence-electron chi connectivity index (χ2n) is 4.62. The van der Waals surface area contributed by atoms with Crippen LogP contribution in [0.2, 0.25) is 0 Å². The molecule has 1 saturated heterocycles. The maximum Gasteiger partial charge on any atom is 0.260 e. The monoisotopic (exact) mass is 262 g/mol. The molecule has 0 aliphatic carbocycles. The van der Waals surface area contributed by atoms with Crippen molar-refractivity contribution in [2.75, 3.05) is 32.8 Å². The molecule has 0 spiro atoms. The third-order valence-electron chi connectivity index (χ3n) is 3.20. The van der Waals surface area contributed by atoms with Gasteiger partial charge in [0.05, 0.1) is 0 Å². The molecule has 1 fully saturated rings. The molecule has 5 nitrogen and oxygen atoms in total. The van der Waals surface area contributed by atoms with Crippen molar-refractivity contribution in [2.45, 2.75) is 6.92 Å². The topological polar surface area (TPSA) is 49.9 Å². The molecule has 1 aromatic carbocycles. The first-order valence-corrected chi connectivity index (χ1v) is 6.35. The van der Waals surface area contributed by atoms with Crippen LogP contribution < -0.4 is 4.74 Å². The van der Waals surface area contributed by atoms with Crippen LogP contribution in [0.3, 0.4) is 0 Å². The first-order valence-electron chi connectivity index (χ1n) is 6.35. The van der Waals surface area contributed by atoms with Crippen molar-refractivity contribution in [1.82, 2.24) is 9.80 Å². The second kappa shape index (κ2) is 6.22. The fourth-order valence-corrected chi connectivity index (χ4v) is 1.95. The van der Waals surface area contributed by atoms with Gasteiger partial charge in [-0.3, -0.25) is 9.59 Å². The third-order valence-corrected chi connectivity index (χ3v) is 3.20. The number of benzene rings is 1. The lowest BCUT2D eigenvalue weighted by Crippen LogP contribution is -2.49. The molecule has 2 amide bonds. The molecular formula is C14H18N2O3. The lowest BCUT2D eigenvalue weighted by Gasteiger charge is -2.32. The van der Waals surface area contributed by atoms with Crippen molar-refractivity contribution >= 4 is 12.3 Å². The van der Waals surface area contributed by atoms with Crippen LogP contribution in [0, 0.1) is 6.92 Å². The van der Waals surface area contributed by atoms with E-state index in [1.54, 1.807) is 9.80 Å². The van der Waals surface area contributed by atoms with E-state index >= 15 is 0 Å². The highest BCUT2D eigenvalue weighted by Crippen LogP contribution is 2.11. The standard InChI is InChI=1S/C14H18N2O3/c1-12-2-4-13(5-3-12)19-10-14(18)16-8-6-15(11-17)7-9-16/h2-5,11H,6-10H2,1H3. The molecule has 1 aliphatic heterocycles. The predicted molar refractivity (Wildman–Crippen MR) is 70.9 cm³/mol. The van der Waals surface area contributed by atoms with E-state index in [0.717, 1.165) is 12.0 Å². The van der Waals surface area contributed by atoms with Gasteiger partial charge in [0.15, 0.2) is 6.61 Å². The lowest BCUT2D eigenvalue weighted by molar-refractivity contribution is -0.137. The maximum atomic E-state index is 11.9. The van der Waals surface area contributed by atoms with Crippen molar-refractivity contribution in [1.29, 1.82) is 0 Å². The second-order valence-corrected chi connectivity index (χ2v) is 4.62. The Kier molecular flexibility index (Phi) is 4.39. The van der Waals surface area contributed by atoms with Crippen molar-refractivity contribution in [2.24, 2.45) is 0 Å². The van der Waals surface area contributed by atoms with E-state index in [2.05, 4.69) is 0 Å². The van der Waals surface area contributed by atoms with Crippen molar-refractivity contribution in [3.05, 3.63) is 29.8 Å². The average molecular weight is 262 g/mol. The molecule has 2 rings (SSSR count). The highest BCUT2D eigenvalue weighted by atomic mass is 16.5. The minimum atomic E-state index is -0.0360. The van der Waals surface area contributed by atoms with Gasteiger partial charge < -0.3 is 14.5 Å². The Morgan fingerprint density at radius 2 is 1.84 bits per heavy atom. The number of nitrogens with zero attached hydrogens (tertiary/aromatic N) is 2. The Morgan fingerprint density at radius 1 is 1.21 bits per heavy atom. The molecule has 0 saturated carbocycles.